The maximum atomic E-state index is 12.8. The number of nitrogens with zero attached hydrogens (tertiary/aromatic N) is 7. The second-order valence-electron chi connectivity index (χ2n) is 10.7. The molecule has 10 heteroatoms. The lowest BCUT2D eigenvalue weighted by Gasteiger charge is -2.24. The Morgan fingerprint density at radius 1 is 0.533 bits per heavy atom. The fourth-order valence-corrected chi connectivity index (χ4v) is 4.65. The summed E-state index contributed by atoms with van der Waals surface area (Å²) in [6, 6.07) is 29.2. The molecule has 0 heterocycles. The number of anilines is 1. The molecule has 0 bridgehead atoms. The van der Waals surface area contributed by atoms with Crippen LogP contribution in [-0.4, -0.2) is 19.3 Å². The van der Waals surface area contributed by atoms with Gasteiger partial charge in [0.05, 0.1) is 34.1 Å². The number of alkyl halides is 3. The van der Waals surface area contributed by atoms with Crippen LogP contribution in [0.4, 0.5) is 53.0 Å². The molecule has 0 N–H and O–H groups in total. The van der Waals surface area contributed by atoms with Crippen molar-refractivity contribution < 1.29 is 13.2 Å². The third-order valence-corrected chi connectivity index (χ3v) is 7.44. The molecule has 0 aliphatic heterocycles. The number of rotatable bonds is 14. The Labute approximate surface area is 262 Å². The van der Waals surface area contributed by atoms with Crippen LogP contribution in [0.25, 0.3) is 0 Å². The summed E-state index contributed by atoms with van der Waals surface area (Å²) in [6.07, 6.45) is 0.489. The van der Waals surface area contributed by atoms with Crippen LogP contribution >= 0.6 is 0 Å². The van der Waals surface area contributed by atoms with Crippen LogP contribution in [0.2, 0.25) is 0 Å². The second kappa shape index (κ2) is 16.4. The molecule has 7 nitrogen and oxygen atoms in total. The fraction of sp³-hybridized carbons (Fsp3) is 0.314. The molecular weight excluding hydrogens is 575 g/mol. The van der Waals surface area contributed by atoms with Gasteiger partial charge in [-0.1, -0.05) is 38.8 Å². The normalized spacial score (nSPS) is 12.2. The Balaban J connectivity index is 1.27. The Hall–Kier alpha value is -4.73. The summed E-state index contributed by atoms with van der Waals surface area (Å²) in [7, 11) is 0. The van der Waals surface area contributed by atoms with Crippen molar-refractivity contribution in [1.29, 1.82) is 0 Å². The van der Waals surface area contributed by atoms with E-state index in [2.05, 4.69) is 56.7 Å². The van der Waals surface area contributed by atoms with Gasteiger partial charge in [0.25, 0.3) is 0 Å². The summed E-state index contributed by atoms with van der Waals surface area (Å²) in [5, 5.41) is 25.6. The van der Waals surface area contributed by atoms with Crippen LogP contribution < -0.4 is 4.90 Å². The highest BCUT2D eigenvalue weighted by Gasteiger charge is 2.30. The lowest BCUT2D eigenvalue weighted by Crippen LogP contribution is -2.33. The van der Waals surface area contributed by atoms with Gasteiger partial charge in [-0.05, 0) is 116 Å². The molecule has 0 unspecified atom stereocenters. The molecule has 45 heavy (non-hydrogen) atoms. The van der Waals surface area contributed by atoms with Crippen molar-refractivity contribution >= 4 is 39.8 Å². The topological polar surface area (TPSA) is 77.4 Å². The van der Waals surface area contributed by atoms with Gasteiger partial charge in [0, 0.05) is 12.2 Å². The lowest BCUT2D eigenvalue weighted by atomic mass is 9.95. The van der Waals surface area contributed by atoms with E-state index < -0.39 is 12.7 Å². The van der Waals surface area contributed by atoms with Gasteiger partial charge in [-0.3, -0.25) is 0 Å². The standard InChI is InChI=1S/C35H38F3N7/c1-4-26(5-2)7-8-27-9-11-28(12-10-27)39-40-29-13-15-30(16-14-29)41-42-31-17-19-32(20-18-31)43-44-33-21-23-34(24-22-33)45(6-3)25-35(36,37)38/h9-24,26H,4-8,25H2,1-3H3/b40-39+,42-41+,44-43+. The third kappa shape index (κ3) is 11.0. The Bertz CT molecular complexity index is 1540. The van der Waals surface area contributed by atoms with E-state index in [4.69, 9.17) is 0 Å². The molecule has 0 saturated carbocycles. The number of azo groups is 3. The highest BCUT2D eigenvalue weighted by Crippen LogP contribution is 2.28. The number of halogens is 3. The predicted molar refractivity (Wildman–Crippen MR) is 175 cm³/mol. The van der Waals surface area contributed by atoms with Gasteiger partial charge < -0.3 is 4.90 Å². The van der Waals surface area contributed by atoms with Crippen LogP contribution in [0, 0.1) is 5.92 Å². The minimum Gasteiger partial charge on any atom is -0.363 e. The number of hydrogen-bond donors (Lipinski definition) is 0. The van der Waals surface area contributed by atoms with Gasteiger partial charge in [-0.15, -0.1) is 0 Å². The zero-order valence-corrected chi connectivity index (χ0v) is 25.8. The SMILES string of the molecule is CCC(CC)CCc1ccc(/N=N/c2ccc(/N=N/c3ccc(/N=N/c4ccc(N(CC)CC(F)(F)F)cc4)cc3)cc2)cc1. The van der Waals surface area contributed by atoms with Crippen LogP contribution in [0.3, 0.4) is 0 Å². The minimum absolute atomic E-state index is 0.246. The molecule has 0 spiro atoms. The average molecular weight is 614 g/mol. The Kier molecular flexibility index (Phi) is 12.1. The van der Waals surface area contributed by atoms with Gasteiger partial charge in [-0.2, -0.15) is 43.9 Å². The summed E-state index contributed by atoms with van der Waals surface area (Å²) in [6.45, 7) is 5.44. The maximum Gasteiger partial charge on any atom is 0.405 e. The molecule has 0 aromatic heterocycles. The largest absolute Gasteiger partial charge is 0.405 e. The molecule has 0 radical (unpaired) electrons. The van der Waals surface area contributed by atoms with Crippen molar-refractivity contribution in [2.45, 2.75) is 52.6 Å². The molecule has 0 aliphatic rings. The van der Waals surface area contributed by atoms with Crippen molar-refractivity contribution in [1.82, 2.24) is 0 Å². The van der Waals surface area contributed by atoms with Crippen molar-refractivity contribution in [2.24, 2.45) is 36.6 Å². The zero-order valence-electron chi connectivity index (χ0n) is 25.8. The number of aryl methyl sites for hydroxylation is 1. The first kappa shape index (κ1) is 33.2. The first-order valence-corrected chi connectivity index (χ1v) is 15.2. The summed E-state index contributed by atoms with van der Waals surface area (Å²) >= 11 is 0. The highest BCUT2D eigenvalue weighted by molar-refractivity contribution is 5.54. The first-order valence-electron chi connectivity index (χ1n) is 15.2. The van der Waals surface area contributed by atoms with E-state index in [1.165, 1.54) is 29.7 Å². The summed E-state index contributed by atoms with van der Waals surface area (Å²) in [5.41, 5.74) is 5.81. The van der Waals surface area contributed by atoms with Gasteiger partial charge in [0.2, 0.25) is 0 Å². The fourth-order valence-electron chi connectivity index (χ4n) is 4.65. The first-order chi connectivity index (χ1) is 21.7. The monoisotopic (exact) mass is 613 g/mol. The van der Waals surface area contributed by atoms with Crippen molar-refractivity contribution in [2.75, 3.05) is 18.0 Å². The van der Waals surface area contributed by atoms with Gasteiger partial charge in [-0.25, -0.2) is 0 Å². The van der Waals surface area contributed by atoms with Crippen LogP contribution in [0.1, 0.15) is 45.6 Å². The average Bonchev–Trinajstić information content (AvgIpc) is 3.06. The summed E-state index contributed by atoms with van der Waals surface area (Å²) < 4.78 is 38.3. The van der Waals surface area contributed by atoms with E-state index >= 15 is 0 Å². The highest BCUT2D eigenvalue weighted by atomic mass is 19.4. The number of benzene rings is 4. The summed E-state index contributed by atoms with van der Waals surface area (Å²) in [4.78, 5) is 1.25. The molecule has 0 atom stereocenters. The van der Waals surface area contributed by atoms with E-state index in [1.807, 2.05) is 36.4 Å². The maximum absolute atomic E-state index is 12.8. The van der Waals surface area contributed by atoms with E-state index in [0.29, 0.717) is 28.4 Å². The van der Waals surface area contributed by atoms with E-state index in [-0.39, 0.29) is 6.54 Å². The molecule has 4 rings (SSSR count). The predicted octanol–water partition coefficient (Wildman–Crippen LogP) is 12.7. The molecule has 234 valence electrons. The van der Waals surface area contributed by atoms with E-state index in [9.17, 15) is 13.2 Å². The second-order valence-corrected chi connectivity index (χ2v) is 10.7. The molecule has 0 amide bonds. The van der Waals surface area contributed by atoms with Gasteiger partial charge >= 0.3 is 6.18 Å². The molecule has 0 saturated heterocycles. The van der Waals surface area contributed by atoms with Crippen LogP contribution in [0.15, 0.2) is 128 Å². The Morgan fingerprint density at radius 3 is 1.18 bits per heavy atom. The van der Waals surface area contributed by atoms with E-state index in [1.54, 1.807) is 55.5 Å². The van der Waals surface area contributed by atoms with Crippen molar-refractivity contribution in [3.05, 3.63) is 103 Å². The lowest BCUT2D eigenvalue weighted by molar-refractivity contribution is -0.119. The molecular formula is C35H38F3N7. The van der Waals surface area contributed by atoms with Crippen LogP contribution in [-0.2, 0) is 6.42 Å². The summed E-state index contributed by atoms with van der Waals surface area (Å²) in [5.74, 6) is 0.785. The van der Waals surface area contributed by atoms with Crippen LogP contribution in [0.5, 0.6) is 0 Å². The smallest absolute Gasteiger partial charge is 0.363 e. The van der Waals surface area contributed by atoms with Gasteiger partial charge in [0.1, 0.15) is 6.54 Å². The van der Waals surface area contributed by atoms with Gasteiger partial charge in [0.15, 0.2) is 0 Å². The molecule has 0 fully saturated rings. The van der Waals surface area contributed by atoms with E-state index in [0.717, 1.165) is 23.7 Å². The van der Waals surface area contributed by atoms with Crippen molar-refractivity contribution in [3.8, 4) is 0 Å². The molecule has 4 aromatic rings. The number of hydrogen-bond acceptors (Lipinski definition) is 7. The zero-order chi connectivity index (χ0) is 32.1. The molecule has 0 aliphatic carbocycles. The quantitative estimate of drug-likeness (QED) is 0.130. The third-order valence-electron chi connectivity index (χ3n) is 7.44. The minimum atomic E-state index is -4.27. The van der Waals surface area contributed by atoms with Crippen molar-refractivity contribution in [3.63, 3.8) is 0 Å². The molecule has 4 aromatic carbocycles. The Morgan fingerprint density at radius 2 is 0.867 bits per heavy atom.